The van der Waals surface area contributed by atoms with Crippen molar-refractivity contribution in [2.75, 3.05) is 4.90 Å². The van der Waals surface area contributed by atoms with Crippen molar-refractivity contribution in [3.05, 3.63) is 60.2 Å². The second kappa shape index (κ2) is 9.39. The van der Waals surface area contributed by atoms with Crippen LogP contribution in [0.5, 0.6) is 0 Å². The number of aryl methyl sites for hydroxylation is 1. The molecule has 2 amide bonds. The van der Waals surface area contributed by atoms with Gasteiger partial charge in [0.1, 0.15) is 12.4 Å². The molecule has 162 valence electrons. The number of pyridine rings is 1. The Balaban J connectivity index is 1.76. The van der Waals surface area contributed by atoms with E-state index in [4.69, 9.17) is 6.42 Å². The quantitative estimate of drug-likeness (QED) is 0.602. The lowest BCUT2D eigenvalue weighted by Crippen LogP contribution is -2.46. The Morgan fingerprint density at radius 3 is 2.72 bits per heavy atom. The van der Waals surface area contributed by atoms with Gasteiger partial charge in [-0.05, 0) is 65.9 Å². The molecule has 1 N–H and O–H groups in total. The summed E-state index contributed by atoms with van der Waals surface area (Å²) in [5.41, 5.74) is 2.64. The zero-order valence-corrected chi connectivity index (χ0v) is 17.7. The second-order valence-corrected chi connectivity index (χ2v) is 7.72. The number of nitrogens with zero attached hydrogens (tertiary/aromatic N) is 6. The number of aromatic nitrogens is 5. The van der Waals surface area contributed by atoms with Crippen LogP contribution < -0.4 is 10.2 Å². The molecule has 4 rings (SSSR count). The predicted molar refractivity (Wildman–Crippen MR) is 118 cm³/mol. The van der Waals surface area contributed by atoms with E-state index in [2.05, 4.69) is 31.7 Å². The van der Waals surface area contributed by atoms with Crippen LogP contribution in [0, 0.1) is 19.3 Å². The molecule has 1 unspecified atom stereocenters. The lowest BCUT2D eigenvalue weighted by molar-refractivity contribution is -0.125. The van der Waals surface area contributed by atoms with E-state index in [9.17, 15) is 9.59 Å². The molecule has 0 aliphatic heterocycles. The number of tetrazole rings is 1. The number of anilines is 1. The first-order valence-corrected chi connectivity index (χ1v) is 10.4. The maximum absolute atomic E-state index is 13.4. The summed E-state index contributed by atoms with van der Waals surface area (Å²) >= 11 is 0. The lowest BCUT2D eigenvalue weighted by Gasteiger charge is -2.31. The molecule has 32 heavy (non-hydrogen) atoms. The first-order chi connectivity index (χ1) is 15.6. The normalized spacial score (nSPS) is 14.5. The maximum atomic E-state index is 13.4. The van der Waals surface area contributed by atoms with Crippen molar-refractivity contribution in [1.29, 1.82) is 0 Å². The Morgan fingerprint density at radius 2 is 2.09 bits per heavy atom. The summed E-state index contributed by atoms with van der Waals surface area (Å²) in [5, 5.41) is 14.3. The van der Waals surface area contributed by atoms with Gasteiger partial charge in [-0.1, -0.05) is 18.9 Å². The minimum Gasteiger partial charge on any atom is -0.351 e. The van der Waals surface area contributed by atoms with E-state index >= 15 is 0 Å². The summed E-state index contributed by atoms with van der Waals surface area (Å²) < 4.78 is 1.53. The topological polar surface area (TPSA) is 106 Å². The molecule has 0 saturated heterocycles. The number of amides is 2. The Hall–Kier alpha value is -4.06. The third-order valence-electron chi connectivity index (χ3n) is 5.60. The summed E-state index contributed by atoms with van der Waals surface area (Å²) in [4.78, 5) is 31.9. The summed E-state index contributed by atoms with van der Waals surface area (Å²) in [7, 11) is 0. The monoisotopic (exact) mass is 429 g/mol. The Kier molecular flexibility index (Phi) is 6.22. The van der Waals surface area contributed by atoms with Gasteiger partial charge >= 0.3 is 5.91 Å². The van der Waals surface area contributed by atoms with Crippen LogP contribution in [0.2, 0.25) is 0 Å². The molecule has 0 radical (unpaired) electrons. The summed E-state index contributed by atoms with van der Waals surface area (Å²) in [6, 6.07) is 7.94. The fourth-order valence-electron chi connectivity index (χ4n) is 4.08. The van der Waals surface area contributed by atoms with E-state index < -0.39 is 11.9 Å². The van der Waals surface area contributed by atoms with Crippen LogP contribution in [-0.4, -0.2) is 43.0 Å². The molecule has 9 heteroatoms. The van der Waals surface area contributed by atoms with Crippen molar-refractivity contribution < 1.29 is 9.59 Å². The molecule has 1 aliphatic rings. The number of carbonyl (C=O) groups is 2. The molecule has 0 bridgehead atoms. The second-order valence-electron chi connectivity index (χ2n) is 7.72. The maximum Gasteiger partial charge on any atom is 0.303 e. The number of carbonyl (C=O) groups excluding carboxylic acids is 2. The van der Waals surface area contributed by atoms with Gasteiger partial charge in [0.05, 0.1) is 5.69 Å². The van der Waals surface area contributed by atoms with Gasteiger partial charge in [-0.25, -0.2) is 4.68 Å². The summed E-state index contributed by atoms with van der Waals surface area (Å²) in [6.07, 6.45) is 14.2. The highest BCUT2D eigenvalue weighted by atomic mass is 16.2. The van der Waals surface area contributed by atoms with Crippen molar-refractivity contribution >= 4 is 17.5 Å². The van der Waals surface area contributed by atoms with E-state index in [1.165, 1.54) is 15.9 Å². The number of nitrogens with one attached hydrogen (secondary N) is 1. The first-order valence-electron chi connectivity index (χ1n) is 10.4. The number of hydrogen-bond donors (Lipinski definition) is 1. The zero-order chi connectivity index (χ0) is 22.5. The van der Waals surface area contributed by atoms with Gasteiger partial charge in [0.2, 0.25) is 5.91 Å². The van der Waals surface area contributed by atoms with E-state index in [1.807, 2.05) is 6.92 Å². The van der Waals surface area contributed by atoms with Crippen molar-refractivity contribution in [3.63, 3.8) is 0 Å². The van der Waals surface area contributed by atoms with Gasteiger partial charge in [0.15, 0.2) is 0 Å². The molecular weight excluding hydrogens is 406 g/mol. The van der Waals surface area contributed by atoms with Crippen molar-refractivity contribution in [3.8, 4) is 18.0 Å². The molecule has 9 nitrogen and oxygen atoms in total. The highest BCUT2D eigenvalue weighted by Crippen LogP contribution is 2.31. The molecule has 3 aromatic rings. The molecule has 1 atom stereocenters. The van der Waals surface area contributed by atoms with E-state index in [0.717, 1.165) is 36.9 Å². The van der Waals surface area contributed by atoms with Crippen molar-refractivity contribution in [2.24, 2.45) is 0 Å². The fourth-order valence-corrected chi connectivity index (χ4v) is 4.08. The molecule has 0 spiro atoms. The third kappa shape index (κ3) is 4.34. The number of benzene rings is 1. The average molecular weight is 429 g/mol. The van der Waals surface area contributed by atoms with Gasteiger partial charge in [-0.2, -0.15) is 0 Å². The molecule has 1 fully saturated rings. The standard InChI is InChI=1S/C23H23N7O2/c1-3-21(31)30(19-10-11-20(16(2)13-19)29-15-25-27-28-29)22(17-7-6-12-24-14-17)23(32)26-18-8-4-5-9-18/h1,6-7,10-15,18,22H,4-5,8-9H2,2H3,(H,26,32). The third-order valence-corrected chi connectivity index (χ3v) is 5.60. The zero-order valence-electron chi connectivity index (χ0n) is 17.7. The van der Waals surface area contributed by atoms with Crippen LogP contribution in [-0.2, 0) is 9.59 Å². The van der Waals surface area contributed by atoms with Crippen LogP contribution in [0.3, 0.4) is 0 Å². The molecule has 2 aromatic heterocycles. The Morgan fingerprint density at radius 1 is 1.28 bits per heavy atom. The number of terminal acetylenes is 1. The minimum absolute atomic E-state index is 0.0911. The van der Waals surface area contributed by atoms with Gasteiger partial charge in [-0.15, -0.1) is 11.5 Å². The van der Waals surface area contributed by atoms with Crippen LogP contribution in [0.4, 0.5) is 5.69 Å². The smallest absolute Gasteiger partial charge is 0.303 e. The van der Waals surface area contributed by atoms with Crippen LogP contribution in [0.15, 0.2) is 49.1 Å². The number of rotatable bonds is 6. The van der Waals surface area contributed by atoms with E-state index in [1.54, 1.807) is 42.7 Å². The molecule has 1 aromatic carbocycles. The Bertz CT molecular complexity index is 1130. The lowest BCUT2D eigenvalue weighted by atomic mass is 10.0. The highest BCUT2D eigenvalue weighted by molar-refractivity contribution is 6.09. The van der Waals surface area contributed by atoms with Crippen LogP contribution in [0.1, 0.15) is 42.9 Å². The molecular formula is C23H23N7O2. The SMILES string of the molecule is C#CC(=O)N(c1ccc(-n2cnnn2)c(C)c1)C(C(=O)NC1CCCC1)c1cccnc1. The average Bonchev–Trinajstić information content (AvgIpc) is 3.52. The van der Waals surface area contributed by atoms with Gasteiger partial charge in [0.25, 0.3) is 0 Å². The molecule has 1 saturated carbocycles. The predicted octanol–water partition coefficient (Wildman–Crippen LogP) is 2.13. The number of hydrogen-bond acceptors (Lipinski definition) is 6. The largest absolute Gasteiger partial charge is 0.351 e. The van der Waals surface area contributed by atoms with Crippen LogP contribution in [0.25, 0.3) is 5.69 Å². The minimum atomic E-state index is -0.953. The van der Waals surface area contributed by atoms with Gasteiger partial charge in [-0.3, -0.25) is 19.5 Å². The molecule has 2 heterocycles. The van der Waals surface area contributed by atoms with Crippen molar-refractivity contribution in [2.45, 2.75) is 44.7 Å². The highest BCUT2D eigenvalue weighted by Gasteiger charge is 2.34. The summed E-state index contributed by atoms with van der Waals surface area (Å²) in [6.45, 7) is 1.87. The first kappa shape index (κ1) is 21.2. The van der Waals surface area contributed by atoms with Gasteiger partial charge in [0, 0.05) is 29.7 Å². The van der Waals surface area contributed by atoms with Gasteiger partial charge < -0.3 is 5.32 Å². The Labute approximate surface area is 185 Å². The summed E-state index contributed by atoms with van der Waals surface area (Å²) in [5.74, 6) is 1.28. The van der Waals surface area contributed by atoms with E-state index in [-0.39, 0.29) is 11.9 Å². The van der Waals surface area contributed by atoms with E-state index in [0.29, 0.717) is 11.3 Å². The fraction of sp³-hybridized carbons (Fsp3) is 0.304. The van der Waals surface area contributed by atoms with Crippen LogP contribution >= 0.6 is 0 Å². The van der Waals surface area contributed by atoms with Crippen molar-refractivity contribution in [1.82, 2.24) is 30.5 Å². The molecule has 1 aliphatic carbocycles.